The summed E-state index contributed by atoms with van der Waals surface area (Å²) in [5, 5.41) is 34.7. The number of amides is 3. The van der Waals surface area contributed by atoms with E-state index in [4.69, 9.17) is 10.8 Å². The van der Waals surface area contributed by atoms with Crippen molar-refractivity contribution in [3.8, 4) is 0 Å². The summed E-state index contributed by atoms with van der Waals surface area (Å²) in [5.41, 5.74) is 6.07. The number of hydrogen-bond donors (Lipinski definition) is 8. The van der Waals surface area contributed by atoms with Crippen LogP contribution in [0.25, 0.3) is 0 Å². The number of H-pyrrole nitrogens is 1. The van der Waals surface area contributed by atoms with Gasteiger partial charge >= 0.3 is 11.9 Å². The molecular formula is C20H32N6O8. The second kappa shape index (κ2) is 13.3. The molecule has 0 aliphatic heterocycles. The van der Waals surface area contributed by atoms with Crippen LogP contribution in [0.3, 0.4) is 0 Å². The molecule has 0 aromatic carbocycles. The first kappa shape index (κ1) is 28.5. The summed E-state index contributed by atoms with van der Waals surface area (Å²) in [4.78, 5) is 67.0. The molecule has 5 unspecified atom stereocenters. The highest BCUT2D eigenvalue weighted by Crippen LogP contribution is 2.08. The van der Waals surface area contributed by atoms with Gasteiger partial charge in [0.05, 0.1) is 18.9 Å². The topological polar surface area (TPSA) is 237 Å². The number of aliphatic hydroxyl groups excluding tert-OH is 1. The Balaban J connectivity index is 3.08. The maximum absolute atomic E-state index is 13.0. The number of nitrogens with one attached hydrogen (secondary N) is 4. The van der Waals surface area contributed by atoms with Crippen molar-refractivity contribution in [1.29, 1.82) is 0 Å². The monoisotopic (exact) mass is 484 g/mol. The van der Waals surface area contributed by atoms with E-state index in [9.17, 15) is 34.2 Å². The van der Waals surface area contributed by atoms with Crippen molar-refractivity contribution in [2.24, 2.45) is 11.7 Å². The van der Waals surface area contributed by atoms with Gasteiger partial charge in [-0.25, -0.2) is 9.78 Å². The van der Waals surface area contributed by atoms with Crippen LogP contribution in [-0.4, -0.2) is 85.2 Å². The normalized spacial score (nSPS) is 15.5. The van der Waals surface area contributed by atoms with Crippen molar-refractivity contribution in [2.75, 3.05) is 0 Å². The number of hydrogen-bond acceptors (Lipinski definition) is 8. The van der Waals surface area contributed by atoms with Crippen molar-refractivity contribution in [2.45, 2.75) is 70.3 Å². The Labute approximate surface area is 195 Å². The zero-order valence-corrected chi connectivity index (χ0v) is 19.1. The predicted molar refractivity (Wildman–Crippen MR) is 117 cm³/mol. The van der Waals surface area contributed by atoms with Crippen molar-refractivity contribution < 1.29 is 39.3 Å². The smallest absolute Gasteiger partial charge is 0.326 e. The Kier molecular flexibility index (Phi) is 11.1. The number of aromatic nitrogens is 2. The Bertz CT molecular complexity index is 857. The quantitative estimate of drug-likeness (QED) is 0.141. The van der Waals surface area contributed by atoms with Gasteiger partial charge in [0, 0.05) is 18.3 Å². The highest BCUT2D eigenvalue weighted by atomic mass is 16.4. The molecule has 0 saturated heterocycles. The molecule has 0 bridgehead atoms. The minimum atomic E-state index is -1.72. The molecule has 0 radical (unpaired) electrons. The van der Waals surface area contributed by atoms with Crippen LogP contribution >= 0.6 is 0 Å². The van der Waals surface area contributed by atoms with E-state index in [1.165, 1.54) is 19.4 Å². The molecule has 14 heteroatoms. The molecule has 190 valence electrons. The van der Waals surface area contributed by atoms with Crippen LogP contribution < -0.4 is 21.7 Å². The number of carboxylic acid groups (broad SMARTS) is 2. The number of aliphatic carboxylic acids is 2. The van der Waals surface area contributed by atoms with Crippen LogP contribution in [0.2, 0.25) is 0 Å². The average molecular weight is 485 g/mol. The first-order valence-corrected chi connectivity index (χ1v) is 10.6. The highest BCUT2D eigenvalue weighted by Gasteiger charge is 2.32. The summed E-state index contributed by atoms with van der Waals surface area (Å²) in [6.07, 6.45) is 0.771. The first-order valence-electron chi connectivity index (χ1n) is 10.6. The zero-order chi connectivity index (χ0) is 26.0. The van der Waals surface area contributed by atoms with E-state index >= 15 is 0 Å². The maximum atomic E-state index is 13.0. The summed E-state index contributed by atoms with van der Waals surface area (Å²) >= 11 is 0. The number of aromatic amines is 1. The summed E-state index contributed by atoms with van der Waals surface area (Å²) in [6.45, 7) is 4.93. The van der Waals surface area contributed by atoms with E-state index in [1.807, 2.05) is 0 Å². The third kappa shape index (κ3) is 9.54. The van der Waals surface area contributed by atoms with E-state index in [1.54, 1.807) is 13.8 Å². The number of aliphatic hydroxyl groups is 1. The second-order valence-corrected chi connectivity index (χ2v) is 8.30. The van der Waals surface area contributed by atoms with Gasteiger partial charge in [0.15, 0.2) is 0 Å². The second-order valence-electron chi connectivity index (χ2n) is 8.30. The lowest BCUT2D eigenvalue weighted by Crippen LogP contribution is -2.58. The maximum Gasteiger partial charge on any atom is 0.326 e. The molecule has 5 atom stereocenters. The van der Waals surface area contributed by atoms with E-state index < -0.39 is 66.4 Å². The van der Waals surface area contributed by atoms with Gasteiger partial charge in [0.1, 0.15) is 24.2 Å². The van der Waals surface area contributed by atoms with Gasteiger partial charge in [-0.05, 0) is 19.3 Å². The molecule has 0 aliphatic carbocycles. The summed E-state index contributed by atoms with van der Waals surface area (Å²) in [5.74, 6) is -5.49. The van der Waals surface area contributed by atoms with Gasteiger partial charge in [0.2, 0.25) is 17.7 Å². The molecule has 0 spiro atoms. The van der Waals surface area contributed by atoms with Crippen LogP contribution in [0.5, 0.6) is 0 Å². The molecule has 34 heavy (non-hydrogen) atoms. The number of imidazole rings is 1. The molecule has 14 nitrogen and oxygen atoms in total. The number of carbonyl (C=O) groups excluding carboxylic acids is 3. The van der Waals surface area contributed by atoms with Gasteiger partial charge in [0.25, 0.3) is 0 Å². The average Bonchev–Trinajstić information content (AvgIpc) is 3.23. The Morgan fingerprint density at radius 2 is 1.53 bits per heavy atom. The molecular weight excluding hydrogens is 452 g/mol. The number of carboxylic acids is 2. The third-order valence-corrected chi connectivity index (χ3v) is 4.77. The summed E-state index contributed by atoms with van der Waals surface area (Å²) in [6, 6.07) is -5.43. The summed E-state index contributed by atoms with van der Waals surface area (Å²) in [7, 11) is 0. The molecule has 3 amide bonds. The Hall–Kier alpha value is -3.52. The van der Waals surface area contributed by atoms with Crippen LogP contribution in [0.1, 0.15) is 39.3 Å². The van der Waals surface area contributed by atoms with Crippen molar-refractivity contribution in [3.63, 3.8) is 0 Å². The molecule has 0 aliphatic rings. The van der Waals surface area contributed by atoms with Crippen LogP contribution in [-0.2, 0) is 30.4 Å². The SMILES string of the molecule is CC(C)CC(NC(=O)C(N)C(C)O)C(=O)NC(Cc1cnc[nH]1)C(=O)NC(CC(=O)O)C(=O)O. The lowest BCUT2D eigenvalue weighted by molar-refractivity contribution is -0.147. The first-order chi connectivity index (χ1) is 15.8. The Morgan fingerprint density at radius 1 is 0.971 bits per heavy atom. The molecule has 0 fully saturated rings. The minimum Gasteiger partial charge on any atom is -0.481 e. The Morgan fingerprint density at radius 3 is 2.00 bits per heavy atom. The lowest BCUT2D eigenvalue weighted by Gasteiger charge is -2.26. The lowest BCUT2D eigenvalue weighted by atomic mass is 10.0. The van der Waals surface area contributed by atoms with Crippen molar-refractivity contribution in [3.05, 3.63) is 18.2 Å². The van der Waals surface area contributed by atoms with Crippen molar-refractivity contribution >= 4 is 29.7 Å². The predicted octanol–water partition coefficient (Wildman–Crippen LogP) is -2.28. The van der Waals surface area contributed by atoms with Crippen LogP contribution in [0, 0.1) is 5.92 Å². The molecule has 1 aromatic rings. The molecule has 1 rings (SSSR count). The van der Waals surface area contributed by atoms with Gasteiger partial charge in [-0.1, -0.05) is 13.8 Å². The number of nitrogens with zero attached hydrogens (tertiary/aromatic N) is 1. The number of carbonyl (C=O) groups is 5. The van der Waals surface area contributed by atoms with E-state index in [0.717, 1.165) is 0 Å². The third-order valence-electron chi connectivity index (χ3n) is 4.77. The standard InChI is InChI=1S/C20H32N6O8/c1-9(2)4-12(25-19(32)16(21)10(3)27)17(30)24-13(5-11-7-22-8-23-11)18(31)26-14(20(33)34)6-15(28)29/h7-10,12-14,16,27H,4-6,21H2,1-3H3,(H,22,23)(H,24,30)(H,25,32)(H,26,31)(H,28,29)(H,33,34). The van der Waals surface area contributed by atoms with Gasteiger partial charge in [-0.3, -0.25) is 19.2 Å². The van der Waals surface area contributed by atoms with E-state index in [-0.39, 0.29) is 18.8 Å². The fourth-order valence-corrected chi connectivity index (χ4v) is 2.93. The van der Waals surface area contributed by atoms with Crippen LogP contribution in [0.15, 0.2) is 12.5 Å². The minimum absolute atomic E-state index is 0.0503. The highest BCUT2D eigenvalue weighted by molar-refractivity contribution is 5.94. The zero-order valence-electron chi connectivity index (χ0n) is 19.1. The fourth-order valence-electron chi connectivity index (χ4n) is 2.93. The van der Waals surface area contributed by atoms with Crippen LogP contribution in [0.4, 0.5) is 0 Å². The van der Waals surface area contributed by atoms with Gasteiger partial charge in [-0.15, -0.1) is 0 Å². The van der Waals surface area contributed by atoms with E-state index in [2.05, 4.69) is 25.9 Å². The van der Waals surface area contributed by atoms with Gasteiger partial charge in [-0.2, -0.15) is 0 Å². The fraction of sp³-hybridized carbons (Fsp3) is 0.600. The van der Waals surface area contributed by atoms with Crippen molar-refractivity contribution in [1.82, 2.24) is 25.9 Å². The molecule has 9 N–H and O–H groups in total. The molecule has 0 saturated carbocycles. The largest absolute Gasteiger partial charge is 0.481 e. The van der Waals surface area contributed by atoms with Gasteiger partial charge < -0.3 is 42.0 Å². The molecule has 1 aromatic heterocycles. The number of nitrogens with two attached hydrogens (primary N) is 1. The van der Waals surface area contributed by atoms with E-state index in [0.29, 0.717) is 5.69 Å². The number of rotatable bonds is 14. The molecule has 1 heterocycles. The summed E-state index contributed by atoms with van der Waals surface area (Å²) < 4.78 is 0.